The standard InChI is InChI=1S/C18H23N5O3/c1-11(2)9-10-26-17(24)15-12(3)19-18-20-21-22-23(18)16(15)13-7-5-6-8-14(13)25-4/h5-8,11,16H,9-10H2,1-4H3,(H,19,20,22). The largest absolute Gasteiger partial charge is 0.496 e. The molecular formula is C18H23N5O3. The van der Waals surface area contributed by atoms with Crippen molar-refractivity contribution >= 4 is 11.9 Å². The van der Waals surface area contributed by atoms with Gasteiger partial charge in [0.2, 0.25) is 5.95 Å². The molecule has 1 aromatic carbocycles. The van der Waals surface area contributed by atoms with E-state index in [0.717, 1.165) is 12.0 Å². The number of nitrogens with one attached hydrogen (secondary N) is 1. The van der Waals surface area contributed by atoms with Crippen molar-refractivity contribution in [1.29, 1.82) is 0 Å². The van der Waals surface area contributed by atoms with Crippen LogP contribution in [-0.4, -0.2) is 39.9 Å². The van der Waals surface area contributed by atoms with Crippen LogP contribution in [0.4, 0.5) is 5.95 Å². The number of rotatable bonds is 6. The van der Waals surface area contributed by atoms with Gasteiger partial charge in [0.25, 0.3) is 0 Å². The molecule has 0 fully saturated rings. The van der Waals surface area contributed by atoms with Crippen molar-refractivity contribution in [2.75, 3.05) is 19.0 Å². The zero-order valence-electron chi connectivity index (χ0n) is 15.4. The molecule has 8 heteroatoms. The summed E-state index contributed by atoms with van der Waals surface area (Å²) >= 11 is 0. The maximum absolute atomic E-state index is 12.9. The molecule has 1 N–H and O–H groups in total. The number of benzene rings is 1. The smallest absolute Gasteiger partial charge is 0.338 e. The maximum atomic E-state index is 12.9. The maximum Gasteiger partial charge on any atom is 0.338 e. The number of carbonyl (C=O) groups excluding carboxylic acids is 1. The van der Waals surface area contributed by atoms with Crippen molar-refractivity contribution in [3.05, 3.63) is 41.1 Å². The van der Waals surface area contributed by atoms with Crippen LogP contribution in [0.25, 0.3) is 0 Å². The van der Waals surface area contributed by atoms with Gasteiger partial charge < -0.3 is 14.8 Å². The molecule has 3 rings (SSSR count). The third kappa shape index (κ3) is 3.40. The quantitative estimate of drug-likeness (QED) is 0.794. The first-order chi connectivity index (χ1) is 12.5. The van der Waals surface area contributed by atoms with Crippen LogP contribution in [0.1, 0.15) is 38.8 Å². The van der Waals surface area contributed by atoms with E-state index in [0.29, 0.717) is 35.5 Å². The van der Waals surface area contributed by atoms with E-state index in [4.69, 9.17) is 9.47 Å². The first-order valence-corrected chi connectivity index (χ1v) is 8.58. The van der Waals surface area contributed by atoms with E-state index in [1.807, 2.05) is 31.2 Å². The number of esters is 1. The summed E-state index contributed by atoms with van der Waals surface area (Å²) in [5.41, 5.74) is 1.93. The van der Waals surface area contributed by atoms with Crippen molar-refractivity contribution in [2.24, 2.45) is 5.92 Å². The molecule has 1 aromatic heterocycles. The highest BCUT2D eigenvalue weighted by atomic mass is 16.5. The Hall–Kier alpha value is -2.90. The van der Waals surface area contributed by atoms with Gasteiger partial charge in [-0.1, -0.05) is 37.1 Å². The Bertz CT molecular complexity index is 828. The Balaban J connectivity index is 2.01. The van der Waals surface area contributed by atoms with Crippen LogP contribution in [-0.2, 0) is 9.53 Å². The number of nitrogens with zero attached hydrogens (tertiary/aromatic N) is 4. The Morgan fingerprint density at radius 1 is 1.35 bits per heavy atom. The van der Waals surface area contributed by atoms with Gasteiger partial charge in [-0.15, -0.1) is 0 Å². The fraction of sp³-hybridized carbons (Fsp3) is 0.444. The number of tetrazole rings is 1. The molecule has 2 heterocycles. The topological polar surface area (TPSA) is 91.2 Å². The van der Waals surface area contributed by atoms with Gasteiger partial charge in [-0.2, -0.15) is 4.68 Å². The molecule has 1 atom stereocenters. The fourth-order valence-corrected chi connectivity index (χ4v) is 2.92. The molecule has 0 bridgehead atoms. The summed E-state index contributed by atoms with van der Waals surface area (Å²) in [6.07, 6.45) is 0.806. The van der Waals surface area contributed by atoms with Crippen LogP contribution in [0.3, 0.4) is 0 Å². The molecule has 138 valence electrons. The second-order valence-corrected chi connectivity index (χ2v) is 6.57. The van der Waals surface area contributed by atoms with Gasteiger partial charge in [0, 0.05) is 11.3 Å². The lowest BCUT2D eigenvalue weighted by Crippen LogP contribution is -2.30. The molecule has 0 aliphatic carbocycles. The van der Waals surface area contributed by atoms with Gasteiger partial charge in [0.05, 0.1) is 19.3 Å². The van der Waals surface area contributed by atoms with Gasteiger partial charge in [0.1, 0.15) is 11.8 Å². The molecule has 0 spiro atoms. The van der Waals surface area contributed by atoms with Gasteiger partial charge in [-0.25, -0.2) is 4.79 Å². The molecule has 1 aliphatic heterocycles. The van der Waals surface area contributed by atoms with E-state index >= 15 is 0 Å². The lowest BCUT2D eigenvalue weighted by molar-refractivity contribution is -0.139. The van der Waals surface area contributed by atoms with E-state index in [9.17, 15) is 4.79 Å². The molecule has 2 aromatic rings. The molecule has 1 aliphatic rings. The molecule has 8 nitrogen and oxygen atoms in total. The third-order valence-electron chi connectivity index (χ3n) is 4.30. The summed E-state index contributed by atoms with van der Waals surface area (Å²) in [7, 11) is 1.59. The average molecular weight is 357 g/mol. The predicted molar refractivity (Wildman–Crippen MR) is 95.7 cm³/mol. The SMILES string of the molecule is COc1ccccc1C1C(C(=O)OCCC(C)C)=C(C)Nc2nnnn21. The van der Waals surface area contributed by atoms with Crippen LogP contribution in [0.5, 0.6) is 5.75 Å². The lowest BCUT2D eigenvalue weighted by Gasteiger charge is -2.28. The number of hydrogen-bond acceptors (Lipinski definition) is 7. The molecule has 0 radical (unpaired) electrons. The van der Waals surface area contributed by atoms with Gasteiger partial charge >= 0.3 is 5.97 Å². The van der Waals surface area contributed by atoms with Gasteiger partial charge in [0.15, 0.2) is 0 Å². The predicted octanol–water partition coefficient (Wildman–Crippen LogP) is 2.56. The number of allylic oxidation sites excluding steroid dienone is 1. The van der Waals surface area contributed by atoms with Gasteiger partial charge in [-0.05, 0) is 35.8 Å². The number of para-hydroxylation sites is 1. The Kier molecular flexibility index (Phi) is 5.20. The molecular weight excluding hydrogens is 334 g/mol. The minimum atomic E-state index is -0.524. The Morgan fingerprint density at radius 3 is 2.85 bits per heavy atom. The van der Waals surface area contributed by atoms with Crippen LogP contribution < -0.4 is 10.1 Å². The van der Waals surface area contributed by atoms with Crippen LogP contribution >= 0.6 is 0 Å². The monoisotopic (exact) mass is 357 g/mol. The van der Waals surface area contributed by atoms with Crippen molar-refractivity contribution in [2.45, 2.75) is 33.2 Å². The molecule has 0 amide bonds. The number of aromatic nitrogens is 4. The molecule has 0 saturated heterocycles. The molecule has 0 saturated carbocycles. The van der Waals surface area contributed by atoms with Crippen molar-refractivity contribution < 1.29 is 14.3 Å². The summed E-state index contributed by atoms with van der Waals surface area (Å²) in [4.78, 5) is 12.9. The van der Waals surface area contributed by atoms with Gasteiger partial charge in [-0.3, -0.25) is 0 Å². The second kappa shape index (κ2) is 7.55. The number of anilines is 1. The molecule has 1 unspecified atom stereocenters. The zero-order valence-corrected chi connectivity index (χ0v) is 15.4. The molecule has 26 heavy (non-hydrogen) atoms. The highest BCUT2D eigenvalue weighted by molar-refractivity contribution is 5.92. The summed E-state index contributed by atoms with van der Waals surface area (Å²) < 4.78 is 12.6. The number of fused-ring (bicyclic) bond motifs is 1. The van der Waals surface area contributed by atoms with Crippen molar-refractivity contribution in [3.8, 4) is 5.75 Å². The summed E-state index contributed by atoms with van der Waals surface area (Å²) in [6.45, 7) is 6.37. The number of carbonyl (C=O) groups is 1. The number of hydrogen-bond donors (Lipinski definition) is 1. The van der Waals surface area contributed by atoms with E-state index in [1.165, 1.54) is 0 Å². The minimum Gasteiger partial charge on any atom is -0.496 e. The third-order valence-corrected chi connectivity index (χ3v) is 4.30. The number of ether oxygens (including phenoxy) is 2. The van der Waals surface area contributed by atoms with Crippen molar-refractivity contribution in [1.82, 2.24) is 20.2 Å². The second-order valence-electron chi connectivity index (χ2n) is 6.57. The van der Waals surface area contributed by atoms with E-state index < -0.39 is 6.04 Å². The van der Waals surface area contributed by atoms with E-state index in [-0.39, 0.29) is 5.97 Å². The van der Waals surface area contributed by atoms with E-state index in [2.05, 4.69) is 34.7 Å². The summed E-state index contributed by atoms with van der Waals surface area (Å²) in [5.74, 6) is 1.20. The van der Waals surface area contributed by atoms with Crippen molar-refractivity contribution in [3.63, 3.8) is 0 Å². The van der Waals surface area contributed by atoms with Crippen LogP contribution in [0.2, 0.25) is 0 Å². The lowest BCUT2D eigenvalue weighted by atomic mass is 9.95. The van der Waals surface area contributed by atoms with Crippen LogP contribution in [0, 0.1) is 5.92 Å². The Morgan fingerprint density at radius 2 is 2.12 bits per heavy atom. The summed E-state index contributed by atoms with van der Waals surface area (Å²) in [6, 6.07) is 6.99. The first kappa shape index (κ1) is 17.9. The normalized spacial score (nSPS) is 16.3. The van der Waals surface area contributed by atoms with E-state index in [1.54, 1.807) is 11.8 Å². The highest BCUT2D eigenvalue weighted by Crippen LogP contribution is 2.38. The fourth-order valence-electron chi connectivity index (χ4n) is 2.92. The first-order valence-electron chi connectivity index (χ1n) is 8.58. The highest BCUT2D eigenvalue weighted by Gasteiger charge is 2.36. The zero-order chi connectivity index (χ0) is 18.7. The number of methoxy groups -OCH3 is 1. The Labute approximate surface area is 152 Å². The average Bonchev–Trinajstić information content (AvgIpc) is 3.08. The minimum absolute atomic E-state index is 0.369. The summed E-state index contributed by atoms with van der Waals surface area (Å²) in [5, 5.41) is 14.8. The van der Waals surface area contributed by atoms with Crippen LogP contribution in [0.15, 0.2) is 35.5 Å².